The van der Waals surface area contributed by atoms with E-state index in [4.69, 9.17) is 4.74 Å². The maximum absolute atomic E-state index is 13.4. The number of aromatic nitrogens is 1. The molecule has 4 rings (SSSR count). The summed E-state index contributed by atoms with van der Waals surface area (Å²) < 4.78 is 29.7. The molecule has 34 heavy (non-hydrogen) atoms. The molecule has 1 N–H and O–H groups in total. The number of carbonyl (C=O) groups excluding carboxylic acids is 1. The Bertz CT molecular complexity index is 1470. The summed E-state index contributed by atoms with van der Waals surface area (Å²) in [6.45, 7) is 1.89. The van der Waals surface area contributed by atoms with E-state index in [1.165, 1.54) is 6.07 Å². The van der Waals surface area contributed by atoms with E-state index in [0.717, 1.165) is 28.6 Å². The summed E-state index contributed by atoms with van der Waals surface area (Å²) in [5.74, 6) is 0.335. The molecule has 6 nitrogen and oxygen atoms in total. The van der Waals surface area contributed by atoms with Gasteiger partial charge < -0.3 is 10.1 Å². The van der Waals surface area contributed by atoms with Crippen LogP contribution >= 0.6 is 0 Å². The molecule has 7 heteroatoms. The van der Waals surface area contributed by atoms with Gasteiger partial charge >= 0.3 is 0 Å². The van der Waals surface area contributed by atoms with E-state index in [9.17, 15) is 13.2 Å². The lowest BCUT2D eigenvalue weighted by Gasteiger charge is -2.15. The maximum Gasteiger partial charge on any atom is 0.256 e. The third-order valence-electron chi connectivity index (χ3n) is 5.47. The van der Waals surface area contributed by atoms with Crippen LogP contribution in [-0.4, -0.2) is 32.7 Å². The smallest absolute Gasteiger partial charge is 0.256 e. The van der Waals surface area contributed by atoms with Gasteiger partial charge in [0.25, 0.3) is 5.91 Å². The molecule has 0 saturated carbocycles. The van der Waals surface area contributed by atoms with Gasteiger partial charge in [-0.2, -0.15) is 0 Å². The Morgan fingerprint density at radius 1 is 0.912 bits per heavy atom. The maximum atomic E-state index is 13.4. The van der Waals surface area contributed by atoms with Crippen LogP contribution in [0.5, 0.6) is 5.75 Å². The van der Waals surface area contributed by atoms with E-state index in [-0.39, 0.29) is 10.8 Å². The molecule has 0 unspecified atom stereocenters. The lowest BCUT2D eigenvalue weighted by molar-refractivity contribution is 0.102. The minimum atomic E-state index is -3.46. The number of carbonyl (C=O) groups is 1. The van der Waals surface area contributed by atoms with Gasteiger partial charge in [0.05, 0.1) is 17.7 Å². The zero-order valence-electron chi connectivity index (χ0n) is 19.1. The highest BCUT2D eigenvalue weighted by molar-refractivity contribution is 7.90. The monoisotopic (exact) mass is 472 g/mol. The van der Waals surface area contributed by atoms with Crippen molar-refractivity contribution in [3.05, 3.63) is 96.2 Å². The predicted octanol–water partition coefficient (Wildman–Crippen LogP) is 5.39. The summed E-state index contributed by atoms with van der Waals surface area (Å²) in [5.41, 5.74) is 4.78. The van der Waals surface area contributed by atoms with Crippen LogP contribution in [0.15, 0.2) is 90.0 Å². The quantitative estimate of drug-likeness (QED) is 0.407. The van der Waals surface area contributed by atoms with Gasteiger partial charge in [-0.05, 0) is 78.2 Å². The number of pyridine rings is 1. The van der Waals surface area contributed by atoms with Gasteiger partial charge in [-0.1, -0.05) is 24.3 Å². The molecule has 1 heterocycles. The Kier molecular flexibility index (Phi) is 6.47. The molecule has 0 aliphatic heterocycles. The fourth-order valence-corrected chi connectivity index (χ4v) is 4.38. The molecule has 0 saturated heterocycles. The number of benzene rings is 3. The first-order valence-corrected chi connectivity index (χ1v) is 12.5. The molecule has 0 aliphatic rings. The molecule has 1 amide bonds. The third kappa shape index (κ3) is 5.00. The number of ether oxygens (including phenoxy) is 1. The standard InChI is InChI=1S/C27H24N2O4S/c1-18-15-21(33-2)10-12-23(18)25-17-22(34(3,31)32)11-13-24(25)27(30)29-20-8-6-7-19(16-20)26-9-4-5-14-28-26/h4-17H,1-3H3,(H,29,30). The molecule has 3 aromatic carbocycles. The summed E-state index contributed by atoms with van der Waals surface area (Å²) >= 11 is 0. The second-order valence-electron chi connectivity index (χ2n) is 7.91. The molecular formula is C27H24N2O4S. The lowest BCUT2D eigenvalue weighted by Crippen LogP contribution is -2.14. The SMILES string of the molecule is COc1ccc(-c2cc(S(C)(=O)=O)ccc2C(=O)Nc2cccc(-c3ccccn3)c2)c(C)c1. The van der Waals surface area contributed by atoms with Crippen molar-refractivity contribution in [1.82, 2.24) is 4.98 Å². The first-order chi connectivity index (χ1) is 16.3. The first kappa shape index (κ1) is 23.2. The van der Waals surface area contributed by atoms with Crippen LogP contribution in [0.3, 0.4) is 0 Å². The van der Waals surface area contributed by atoms with E-state index < -0.39 is 9.84 Å². The molecule has 1 aromatic heterocycles. The zero-order valence-corrected chi connectivity index (χ0v) is 19.9. The Balaban J connectivity index is 1.75. The van der Waals surface area contributed by atoms with Gasteiger partial charge in [-0.25, -0.2) is 8.42 Å². The molecule has 0 radical (unpaired) electrons. The van der Waals surface area contributed by atoms with Gasteiger partial charge in [0.2, 0.25) is 0 Å². The van der Waals surface area contributed by atoms with E-state index in [0.29, 0.717) is 22.6 Å². The number of nitrogens with zero attached hydrogens (tertiary/aromatic N) is 1. The molecular weight excluding hydrogens is 448 g/mol. The molecule has 0 fully saturated rings. The lowest BCUT2D eigenvalue weighted by atomic mass is 9.95. The van der Waals surface area contributed by atoms with Gasteiger partial charge in [-0.15, -0.1) is 0 Å². The summed E-state index contributed by atoms with van der Waals surface area (Å²) in [4.78, 5) is 17.9. The number of methoxy groups -OCH3 is 1. The number of rotatable bonds is 6. The van der Waals surface area contributed by atoms with Crippen molar-refractivity contribution >= 4 is 21.4 Å². The highest BCUT2D eigenvalue weighted by Crippen LogP contribution is 2.32. The van der Waals surface area contributed by atoms with Crippen LogP contribution in [0.4, 0.5) is 5.69 Å². The third-order valence-corrected chi connectivity index (χ3v) is 6.58. The molecule has 0 aliphatic carbocycles. The summed E-state index contributed by atoms with van der Waals surface area (Å²) in [6.07, 6.45) is 2.86. The predicted molar refractivity (Wildman–Crippen MR) is 134 cm³/mol. The molecule has 172 valence electrons. The highest BCUT2D eigenvalue weighted by Gasteiger charge is 2.19. The van der Waals surface area contributed by atoms with Crippen LogP contribution < -0.4 is 10.1 Å². The fraction of sp³-hybridized carbons (Fsp3) is 0.111. The number of hydrogen-bond acceptors (Lipinski definition) is 5. The van der Waals surface area contributed by atoms with Crippen LogP contribution in [0.25, 0.3) is 22.4 Å². The average Bonchev–Trinajstić information content (AvgIpc) is 2.83. The second-order valence-corrected chi connectivity index (χ2v) is 9.93. The molecule has 0 spiro atoms. The van der Waals surface area contributed by atoms with Crippen LogP contribution in [0.2, 0.25) is 0 Å². The zero-order chi connectivity index (χ0) is 24.3. The number of hydrogen-bond donors (Lipinski definition) is 1. The van der Waals surface area contributed by atoms with Gasteiger partial charge in [0.1, 0.15) is 5.75 Å². The minimum absolute atomic E-state index is 0.145. The number of anilines is 1. The number of sulfone groups is 1. The average molecular weight is 473 g/mol. The molecule has 0 atom stereocenters. The largest absolute Gasteiger partial charge is 0.497 e. The van der Waals surface area contributed by atoms with E-state index in [2.05, 4.69) is 10.3 Å². The van der Waals surface area contributed by atoms with Gasteiger partial charge in [0, 0.05) is 29.3 Å². The number of aryl methyl sites for hydroxylation is 1. The number of amides is 1. The Labute approximate surface area is 199 Å². The summed E-state index contributed by atoms with van der Waals surface area (Å²) in [7, 11) is -1.88. The second kappa shape index (κ2) is 9.49. The Morgan fingerprint density at radius 3 is 2.41 bits per heavy atom. The Hall–Kier alpha value is -3.97. The topological polar surface area (TPSA) is 85.4 Å². The fourth-order valence-electron chi connectivity index (χ4n) is 3.73. The van der Waals surface area contributed by atoms with E-state index >= 15 is 0 Å². The van der Waals surface area contributed by atoms with Crippen molar-refractivity contribution < 1.29 is 17.9 Å². The number of nitrogens with one attached hydrogen (secondary N) is 1. The van der Waals surface area contributed by atoms with Crippen LogP contribution in [-0.2, 0) is 9.84 Å². The van der Waals surface area contributed by atoms with Gasteiger partial charge in [-0.3, -0.25) is 9.78 Å². The van der Waals surface area contributed by atoms with Crippen LogP contribution in [0.1, 0.15) is 15.9 Å². The van der Waals surface area contributed by atoms with Crippen molar-refractivity contribution in [3.63, 3.8) is 0 Å². The highest BCUT2D eigenvalue weighted by atomic mass is 32.2. The normalized spacial score (nSPS) is 11.1. The van der Waals surface area contributed by atoms with E-state index in [1.54, 1.807) is 37.6 Å². The summed E-state index contributed by atoms with van der Waals surface area (Å²) in [5, 5.41) is 2.94. The molecule has 0 bridgehead atoms. The summed E-state index contributed by atoms with van der Waals surface area (Å²) in [6, 6.07) is 23.1. The van der Waals surface area contributed by atoms with Crippen LogP contribution in [0, 0.1) is 6.92 Å². The van der Waals surface area contributed by atoms with Crippen molar-refractivity contribution in [3.8, 4) is 28.1 Å². The first-order valence-electron chi connectivity index (χ1n) is 10.6. The van der Waals surface area contributed by atoms with E-state index in [1.807, 2.05) is 55.5 Å². The minimum Gasteiger partial charge on any atom is -0.497 e. The Morgan fingerprint density at radius 2 is 1.74 bits per heavy atom. The van der Waals surface area contributed by atoms with Crippen molar-refractivity contribution in [2.75, 3.05) is 18.7 Å². The van der Waals surface area contributed by atoms with Gasteiger partial charge in [0.15, 0.2) is 9.84 Å². The molecule has 4 aromatic rings. The van der Waals surface area contributed by atoms with Crippen molar-refractivity contribution in [2.24, 2.45) is 0 Å². The van der Waals surface area contributed by atoms with Crippen molar-refractivity contribution in [1.29, 1.82) is 0 Å². The van der Waals surface area contributed by atoms with Crippen molar-refractivity contribution in [2.45, 2.75) is 11.8 Å².